The Kier molecular flexibility index (Phi) is 10.8. The van der Waals surface area contributed by atoms with E-state index in [2.05, 4.69) is 20.9 Å². The van der Waals surface area contributed by atoms with Crippen molar-refractivity contribution in [2.75, 3.05) is 27.2 Å². The van der Waals surface area contributed by atoms with Gasteiger partial charge in [-0.3, -0.25) is 9.79 Å². The van der Waals surface area contributed by atoms with Crippen LogP contribution in [-0.4, -0.2) is 44.7 Å². The quantitative estimate of drug-likeness (QED) is 0.331. The highest BCUT2D eigenvalue weighted by Gasteiger charge is 2.13. The van der Waals surface area contributed by atoms with Gasteiger partial charge in [-0.05, 0) is 44.9 Å². The molecular formula is C17H28ClIN4O2. The fourth-order valence-corrected chi connectivity index (χ4v) is 2.29. The van der Waals surface area contributed by atoms with E-state index in [1.807, 2.05) is 32.9 Å². The van der Waals surface area contributed by atoms with Crippen molar-refractivity contribution in [1.29, 1.82) is 0 Å². The molecule has 0 saturated carbocycles. The van der Waals surface area contributed by atoms with Crippen molar-refractivity contribution < 1.29 is 9.53 Å². The highest BCUT2D eigenvalue weighted by Crippen LogP contribution is 2.22. The summed E-state index contributed by atoms with van der Waals surface area (Å²) in [6.07, 6.45) is 0.734. The van der Waals surface area contributed by atoms with Gasteiger partial charge in [0.05, 0.1) is 13.7 Å². The van der Waals surface area contributed by atoms with E-state index >= 15 is 0 Å². The number of nitrogens with zero attached hydrogens (tertiary/aromatic N) is 1. The molecule has 0 aliphatic carbocycles. The zero-order valence-corrected chi connectivity index (χ0v) is 18.5. The van der Waals surface area contributed by atoms with Crippen molar-refractivity contribution in [3.05, 3.63) is 28.8 Å². The summed E-state index contributed by atoms with van der Waals surface area (Å²) in [6, 6.07) is 5.61. The van der Waals surface area contributed by atoms with E-state index in [-0.39, 0.29) is 42.0 Å². The Balaban J connectivity index is 0.00000576. The molecule has 0 aliphatic rings. The first-order valence-electron chi connectivity index (χ1n) is 7.83. The molecule has 0 bridgehead atoms. The van der Waals surface area contributed by atoms with Gasteiger partial charge < -0.3 is 20.7 Å². The van der Waals surface area contributed by atoms with Gasteiger partial charge in [-0.25, -0.2) is 0 Å². The molecule has 0 atom stereocenters. The van der Waals surface area contributed by atoms with E-state index < -0.39 is 0 Å². The van der Waals surface area contributed by atoms with Crippen LogP contribution in [0.15, 0.2) is 23.2 Å². The molecule has 8 heteroatoms. The monoisotopic (exact) mass is 482 g/mol. The average molecular weight is 483 g/mol. The van der Waals surface area contributed by atoms with Gasteiger partial charge in [-0.15, -0.1) is 24.0 Å². The number of hydrogen-bond acceptors (Lipinski definition) is 3. The Morgan fingerprint density at radius 2 is 1.96 bits per heavy atom. The maximum atomic E-state index is 11.8. The summed E-state index contributed by atoms with van der Waals surface area (Å²) >= 11 is 6.21. The highest BCUT2D eigenvalue weighted by atomic mass is 127. The maximum absolute atomic E-state index is 11.8. The molecule has 1 rings (SSSR count). The van der Waals surface area contributed by atoms with Crippen LogP contribution in [0.4, 0.5) is 0 Å². The Morgan fingerprint density at radius 1 is 1.28 bits per heavy atom. The predicted octanol–water partition coefficient (Wildman–Crippen LogP) is 2.59. The number of carbonyl (C=O) groups is 1. The standard InChI is InChI=1S/C17H27ClN4O2.HI/c1-17(2,3)22-15(23)11-21-16(19-4)20-9-8-12-6-7-13(24-5)10-14(12)18;/h6-7,10H,8-9,11H2,1-5H3,(H,22,23)(H2,19,20,21);1H. The van der Waals surface area contributed by atoms with Crippen molar-refractivity contribution >= 4 is 47.4 Å². The number of guanidine groups is 1. The minimum Gasteiger partial charge on any atom is -0.497 e. The number of hydrogen-bond donors (Lipinski definition) is 3. The molecule has 1 aromatic carbocycles. The van der Waals surface area contributed by atoms with E-state index in [4.69, 9.17) is 16.3 Å². The van der Waals surface area contributed by atoms with Crippen LogP contribution in [0.1, 0.15) is 26.3 Å². The van der Waals surface area contributed by atoms with E-state index in [1.54, 1.807) is 20.2 Å². The fraction of sp³-hybridized carbons (Fsp3) is 0.529. The smallest absolute Gasteiger partial charge is 0.239 e. The van der Waals surface area contributed by atoms with Crippen molar-refractivity contribution in [3.63, 3.8) is 0 Å². The lowest BCUT2D eigenvalue weighted by Gasteiger charge is -2.21. The van der Waals surface area contributed by atoms with Gasteiger partial charge in [0, 0.05) is 24.2 Å². The van der Waals surface area contributed by atoms with Crippen LogP contribution >= 0.6 is 35.6 Å². The molecule has 0 fully saturated rings. The predicted molar refractivity (Wildman–Crippen MR) is 114 cm³/mol. The molecule has 0 spiro atoms. The summed E-state index contributed by atoms with van der Waals surface area (Å²) in [5, 5.41) is 9.70. The van der Waals surface area contributed by atoms with Gasteiger partial charge in [0.1, 0.15) is 5.75 Å². The molecule has 1 amide bonds. The summed E-state index contributed by atoms with van der Waals surface area (Å²) in [7, 11) is 3.27. The molecule has 0 unspecified atom stereocenters. The number of amides is 1. The van der Waals surface area contributed by atoms with Crippen LogP contribution in [0.2, 0.25) is 5.02 Å². The van der Waals surface area contributed by atoms with Gasteiger partial charge in [0.15, 0.2) is 5.96 Å². The zero-order valence-electron chi connectivity index (χ0n) is 15.4. The molecule has 3 N–H and O–H groups in total. The summed E-state index contributed by atoms with van der Waals surface area (Å²) < 4.78 is 5.13. The van der Waals surface area contributed by atoms with Crippen molar-refractivity contribution in [3.8, 4) is 5.75 Å². The topological polar surface area (TPSA) is 74.8 Å². The van der Waals surface area contributed by atoms with Gasteiger partial charge in [0.2, 0.25) is 5.91 Å². The van der Waals surface area contributed by atoms with Crippen molar-refractivity contribution in [2.24, 2.45) is 4.99 Å². The van der Waals surface area contributed by atoms with E-state index in [1.165, 1.54) is 0 Å². The Labute approximate surface area is 172 Å². The Bertz CT molecular complexity index is 589. The third-order valence-corrected chi connectivity index (χ3v) is 3.45. The first-order chi connectivity index (χ1) is 11.2. The molecule has 6 nitrogen and oxygen atoms in total. The first-order valence-corrected chi connectivity index (χ1v) is 8.21. The molecule has 1 aromatic rings. The van der Waals surface area contributed by atoms with Gasteiger partial charge in [-0.2, -0.15) is 0 Å². The summed E-state index contributed by atoms with van der Waals surface area (Å²) in [5.74, 6) is 1.23. The van der Waals surface area contributed by atoms with Crippen LogP contribution in [0.3, 0.4) is 0 Å². The van der Waals surface area contributed by atoms with Gasteiger partial charge in [0.25, 0.3) is 0 Å². The Morgan fingerprint density at radius 3 is 2.48 bits per heavy atom. The molecule has 142 valence electrons. The zero-order chi connectivity index (χ0) is 18.2. The Hall–Kier alpha value is -1.22. The molecule has 0 saturated heterocycles. The second-order valence-corrected chi connectivity index (χ2v) is 6.77. The lowest BCUT2D eigenvalue weighted by atomic mass is 10.1. The minimum absolute atomic E-state index is 0. The lowest BCUT2D eigenvalue weighted by molar-refractivity contribution is -0.121. The first kappa shape index (κ1) is 23.8. The number of aliphatic imine (C=N–C) groups is 1. The largest absolute Gasteiger partial charge is 0.497 e. The van der Waals surface area contributed by atoms with Crippen LogP contribution in [-0.2, 0) is 11.2 Å². The minimum atomic E-state index is -0.249. The normalized spacial score (nSPS) is 11.4. The maximum Gasteiger partial charge on any atom is 0.239 e. The van der Waals surface area contributed by atoms with Crippen molar-refractivity contribution in [2.45, 2.75) is 32.7 Å². The van der Waals surface area contributed by atoms with Crippen LogP contribution < -0.4 is 20.7 Å². The van der Waals surface area contributed by atoms with Crippen LogP contribution in [0, 0.1) is 0 Å². The number of nitrogens with one attached hydrogen (secondary N) is 3. The second-order valence-electron chi connectivity index (χ2n) is 6.36. The van der Waals surface area contributed by atoms with E-state index in [9.17, 15) is 4.79 Å². The molecule has 0 heterocycles. The number of ether oxygens (including phenoxy) is 1. The lowest BCUT2D eigenvalue weighted by Crippen LogP contribution is -2.48. The number of carbonyl (C=O) groups excluding carboxylic acids is 1. The summed E-state index contributed by atoms with van der Waals surface area (Å²) in [5.41, 5.74) is 0.770. The number of rotatable bonds is 6. The average Bonchev–Trinajstić information content (AvgIpc) is 2.50. The summed E-state index contributed by atoms with van der Waals surface area (Å²) in [4.78, 5) is 15.9. The third-order valence-electron chi connectivity index (χ3n) is 3.10. The SMILES string of the molecule is CN=C(NCCc1ccc(OC)cc1Cl)NCC(=O)NC(C)(C)C.I. The molecule has 0 radical (unpaired) electrons. The highest BCUT2D eigenvalue weighted by molar-refractivity contribution is 14.0. The number of methoxy groups -OCH3 is 1. The fourth-order valence-electron chi connectivity index (χ4n) is 2.02. The molecule has 25 heavy (non-hydrogen) atoms. The van der Waals surface area contributed by atoms with E-state index in [0.717, 1.165) is 17.7 Å². The van der Waals surface area contributed by atoms with Gasteiger partial charge in [-0.1, -0.05) is 17.7 Å². The molecule has 0 aliphatic heterocycles. The van der Waals surface area contributed by atoms with Crippen LogP contribution in [0.25, 0.3) is 0 Å². The molecule has 0 aromatic heterocycles. The van der Waals surface area contributed by atoms with Crippen molar-refractivity contribution in [1.82, 2.24) is 16.0 Å². The van der Waals surface area contributed by atoms with Gasteiger partial charge >= 0.3 is 0 Å². The van der Waals surface area contributed by atoms with E-state index in [0.29, 0.717) is 17.5 Å². The summed E-state index contributed by atoms with van der Waals surface area (Å²) in [6.45, 7) is 6.64. The van der Waals surface area contributed by atoms with Crippen LogP contribution in [0.5, 0.6) is 5.75 Å². The number of benzene rings is 1. The third kappa shape index (κ3) is 9.74. The molecular weight excluding hydrogens is 455 g/mol. The number of halogens is 2. The second kappa shape index (κ2) is 11.4.